The SMILES string of the molecule is CCOc1cccc(NC(=O)N(CC)CC(C)C(=O)O)c1. The molecule has 1 unspecified atom stereocenters. The molecule has 6 nitrogen and oxygen atoms in total. The van der Waals surface area contributed by atoms with E-state index in [9.17, 15) is 9.59 Å². The average molecular weight is 294 g/mol. The number of nitrogens with one attached hydrogen (secondary N) is 1. The number of carbonyl (C=O) groups is 2. The summed E-state index contributed by atoms with van der Waals surface area (Å²) in [5.74, 6) is -0.845. The zero-order valence-electron chi connectivity index (χ0n) is 12.6. The van der Waals surface area contributed by atoms with Gasteiger partial charge in [0.1, 0.15) is 5.75 Å². The van der Waals surface area contributed by atoms with E-state index in [0.29, 0.717) is 24.6 Å². The van der Waals surface area contributed by atoms with Gasteiger partial charge in [-0.15, -0.1) is 0 Å². The molecule has 1 aromatic carbocycles. The van der Waals surface area contributed by atoms with Crippen molar-refractivity contribution in [1.82, 2.24) is 4.90 Å². The third kappa shape index (κ3) is 5.33. The Morgan fingerprint density at radius 3 is 2.67 bits per heavy atom. The summed E-state index contributed by atoms with van der Waals surface area (Å²) in [6.45, 7) is 6.43. The highest BCUT2D eigenvalue weighted by molar-refractivity contribution is 5.89. The lowest BCUT2D eigenvalue weighted by Crippen LogP contribution is -2.39. The maximum Gasteiger partial charge on any atom is 0.321 e. The highest BCUT2D eigenvalue weighted by atomic mass is 16.5. The Morgan fingerprint density at radius 2 is 2.10 bits per heavy atom. The molecule has 0 aromatic heterocycles. The molecule has 21 heavy (non-hydrogen) atoms. The maximum atomic E-state index is 12.2. The first-order chi connectivity index (χ1) is 9.97. The summed E-state index contributed by atoms with van der Waals surface area (Å²) in [5.41, 5.74) is 0.618. The number of carbonyl (C=O) groups excluding carboxylic acids is 1. The monoisotopic (exact) mass is 294 g/mol. The number of hydrogen-bond acceptors (Lipinski definition) is 3. The quantitative estimate of drug-likeness (QED) is 0.810. The highest BCUT2D eigenvalue weighted by Crippen LogP contribution is 2.17. The molecule has 2 N–H and O–H groups in total. The minimum Gasteiger partial charge on any atom is -0.494 e. The number of aliphatic carboxylic acids is 1. The number of benzene rings is 1. The second-order valence-corrected chi connectivity index (χ2v) is 4.67. The standard InChI is InChI=1S/C15H22N2O4/c1-4-17(10-11(3)14(18)19)15(20)16-12-7-6-8-13(9-12)21-5-2/h6-9,11H,4-5,10H2,1-3H3,(H,16,20)(H,18,19). The van der Waals surface area contributed by atoms with Crippen LogP contribution in [-0.2, 0) is 4.79 Å². The van der Waals surface area contributed by atoms with Gasteiger partial charge >= 0.3 is 12.0 Å². The predicted octanol–water partition coefficient (Wildman–Crippen LogP) is 2.66. The first-order valence-electron chi connectivity index (χ1n) is 6.99. The normalized spacial score (nSPS) is 11.6. The average Bonchev–Trinajstić information content (AvgIpc) is 2.44. The third-order valence-corrected chi connectivity index (χ3v) is 2.98. The van der Waals surface area contributed by atoms with Gasteiger partial charge in [0.05, 0.1) is 12.5 Å². The molecule has 0 fully saturated rings. The van der Waals surface area contributed by atoms with E-state index in [2.05, 4.69) is 5.32 Å². The van der Waals surface area contributed by atoms with Gasteiger partial charge in [-0.2, -0.15) is 0 Å². The molecule has 1 aromatic rings. The largest absolute Gasteiger partial charge is 0.494 e. The van der Waals surface area contributed by atoms with E-state index in [1.165, 1.54) is 4.90 Å². The summed E-state index contributed by atoms with van der Waals surface area (Å²) in [6, 6.07) is 6.77. The first-order valence-corrected chi connectivity index (χ1v) is 6.99. The second-order valence-electron chi connectivity index (χ2n) is 4.67. The second kappa shape index (κ2) is 8.14. The molecule has 1 rings (SSSR count). The molecule has 0 bridgehead atoms. The van der Waals surface area contributed by atoms with Gasteiger partial charge in [-0.1, -0.05) is 13.0 Å². The lowest BCUT2D eigenvalue weighted by atomic mass is 10.2. The summed E-state index contributed by atoms with van der Waals surface area (Å²) in [6.07, 6.45) is 0. The number of amides is 2. The lowest BCUT2D eigenvalue weighted by molar-refractivity contribution is -0.141. The number of carboxylic acids is 1. The van der Waals surface area contributed by atoms with Gasteiger partial charge in [0.25, 0.3) is 0 Å². The molecule has 2 amide bonds. The molecule has 0 saturated carbocycles. The van der Waals surface area contributed by atoms with Crippen molar-refractivity contribution in [3.63, 3.8) is 0 Å². The molecule has 0 radical (unpaired) electrons. The lowest BCUT2D eigenvalue weighted by Gasteiger charge is -2.23. The number of nitrogens with zero attached hydrogens (tertiary/aromatic N) is 1. The van der Waals surface area contributed by atoms with Gasteiger partial charge < -0.3 is 20.1 Å². The Balaban J connectivity index is 2.69. The van der Waals surface area contributed by atoms with Gasteiger partial charge in [0, 0.05) is 24.8 Å². The van der Waals surface area contributed by atoms with Crippen molar-refractivity contribution >= 4 is 17.7 Å². The van der Waals surface area contributed by atoms with Crippen molar-refractivity contribution in [1.29, 1.82) is 0 Å². The smallest absolute Gasteiger partial charge is 0.321 e. The van der Waals surface area contributed by atoms with Crippen molar-refractivity contribution in [2.45, 2.75) is 20.8 Å². The summed E-state index contributed by atoms with van der Waals surface area (Å²) in [7, 11) is 0. The molecule has 116 valence electrons. The van der Waals surface area contributed by atoms with E-state index in [1.54, 1.807) is 25.1 Å². The minimum atomic E-state index is -0.917. The van der Waals surface area contributed by atoms with Crippen LogP contribution in [0.1, 0.15) is 20.8 Å². The number of urea groups is 1. The van der Waals surface area contributed by atoms with Crippen molar-refractivity contribution in [2.24, 2.45) is 5.92 Å². The Kier molecular flexibility index (Phi) is 6.52. The molecule has 0 aliphatic heterocycles. The molecule has 0 aliphatic carbocycles. The van der Waals surface area contributed by atoms with Crippen LogP contribution in [-0.4, -0.2) is 41.7 Å². The Bertz CT molecular complexity index is 490. The van der Waals surface area contributed by atoms with Gasteiger partial charge in [-0.25, -0.2) is 4.79 Å². The van der Waals surface area contributed by atoms with E-state index in [-0.39, 0.29) is 12.6 Å². The van der Waals surface area contributed by atoms with E-state index in [4.69, 9.17) is 9.84 Å². The maximum absolute atomic E-state index is 12.2. The van der Waals surface area contributed by atoms with Crippen molar-refractivity contribution < 1.29 is 19.4 Å². The van der Waals surface area contributed by atoms with Crippen LogP contribution >= 0.6 is 0 Å². The Labute approximate surface area is 124 Å². The zero-order chi connectivity index (χ0) is 15.8. The van der Waals surface area contributed by atoms with Crippen molar-refractivity contribution in [3.8, 4) is 5.75 Å². The van der Waals surface area contributed by atoms with Gasteiger partial charge in [-0.3, -0.25) is 4.79 Å². The fourth-order valence-electron chi connectivity index (χ4n) is 1.80. The molecular formula is C15H22N2O4. The molecular weight excluding hydrogens is 272 g/mol. The molecule has 0 saturated heterocycles. The number of ether oxygens (including phenoxy) is 1. The van der Waals surface area contributed by atoms with Gasteiger partial charge in [0.15, 0.2) is 0 Å². The summed E-state index contributed by atoms with van der Waals surface area (Å²) < 4.78 is 5.37. The van der Waals surface area contributed by atoms with E-state index in [0.717, 1.165) is 0 Å². The van der Waals surface area contributed by atoms with Gasteiger partial charge in [-0.05, 0) is 26.0 Å². The van der Waals surface area contributed by atoms with Crippen LogP contribution in [0, 0.1) is 5.92 Å². The molecule has 0 heterocycles. The van der Waals surface area contributed by atoms with Crippen LogP contribution in [0.15, 0.2) is 24.3 Å². The minimum absolute atomic E-state index is 0.169. The summed E-state index contributed by atoms with van der Waals surface area (Å²) in [4.78, 5) is 24.5. The highest BCUT2D eigenvalue weighted by Gasteiger charge is 2.19. The number of rotatable bonds is 7. The molecule has 6 heteroatoms. The van der Waals surface area contributed by atoms with E-state index >= 15 is 0 Å². The van der Waals surface area contributed by atoms with Crippen molar-refractivity contribution in [2.75, 3.05) is 25.0 Å². The van der Waals surface area contributed by atoms with E-state index < -0.39 is 11.9 Å². The Morgan fingerprint density at radius 1 is 1.38 bits per heavy atom. The van der Waals surface area contributed by atoms with Crippen LogP contribution in [0.4, 0.5) is 10.5 Å². The van der Waals surface area contributed by atoms with E-state index in [1.807, 2.05) is 19.9 Å². The molecule has 1 atom stereocenters. The van der Waals surface area contributed by atoms with Crippen LogP contribution in [0.5, 0.6) is 5.75 Å². The summed E-state index contributed by atoms with van der Waals surface area (Å²) in [5, 5.41) is 11.7. The number of anilines is 1. The molecule has 0 spiro atoms. The Hall–Kier alpha value is -2.24. The van der Waals surface area contributed by atoms with Crippen LogP contribution in [0.3, 0.4) is 0 Å². The predicted molar refractivity (Wildman–Crippen MR) is 80.7 cm³/mol. The number of hydrogen-bond donors (Lipinski definition) is 2. The summed E-state index contributed by atoms with van der Waals surface area (Å²) >= 11 is 0. The van der Waals surface area contributed by atoms with Gasteiger partial charge in [0.2, 0.25) is 0 Å². The van der Waals surface area contributed by atoms with Crippen LogP contribution in [0.25, 0.3) is 0 Å². The number of carboxylic acid groups (broad SMARTS) is 1. The first kappa shape index (κ1) is 16.8. The van der Waals surface area contributed by atoms with Crippen molar-refractivity contribution in [3.05, 3.63) is 24.3 Å². The molecule has 0 aliphatic rings. The third-order valence-electron chi connectivity index (χ3n) is 2.98. The zero-order valence-corrected chi connectivity index (χ0v) is 12.6. The topological polar surface area (TPSA) is 78.9 Å². The van der Waals surface area contributed by atoms with Crippen LogP contribution in [0.2, 0.25) is 0 Å². The van der Waals surface area contributed by atoms with Crippen LogP contribution < -0.4 is 10.1 Å². The fourth-order valence-corrected chi connectivity index (χ4v) is 1.80. The fraction of sp³-hybridized carbons (Fsp3) is 0.467.